The average molecular weight is 450 g/mol. The van der Waals surface area contributed by atoms with Gasteiger partial charge in [-0.15, -0.1) is 22.7 Å². The van der Waals surface area contributed by atoms with E-state index in [1.54, 1.807) is 0 Å². The predicted molar refractivity (Wildman–Crippen MR) is 122 cm³/mol. The first-order valence-electron chi connectivity index (χ1n) is 9.05. The van der Waals surface area contributed by atoms with Gasteiger partial charge in [-0.3, -0.25) is 9.69 Å². The molecule has 0 saturated carbocycles. The Balaban J connectivity index is 1.35. The van der Waals surface area contributed by atoms with Gasteiger partial charge in [0.1, 0.15) is 5.01 Å². The number of halogens is 1. The van der Waals surface area contributed by atoms with Crippen molar-refractivity contribution in [2.75, 3.05) is 29.9 Å². The van der Waals surface area contributed by atoms with E-state index in [1.807, 2.05) is 41.4 Å². The van der Waals surface area contributed by atoms with E-state index < -0.39 is 0 Å². The van der Waals surface area contributed by atoms with Crippen LogP contribution in [-0.2, 0) is 17.8 Å². The molecule has 146 valence electrons. The Morgan fingerprint density at radius 3 is 2.86 bits per heavy atom. The SMILES string of the molecule is O=C(Cc1csc(-c2ccc(Cl)s2)n1)Nc1cccc(CN2CCSCC2)c1. The largest absolute Gasteiger partial charge is 0.326 e. The first-order valence-corrected chi connectivity index (χ1v) is 12.3. The van der Waals surface area contributed by atoms with E-state index in [-0.39, 0.29) is 12.3 Å². The van der Waals surface area contributed by atoms with Gasteiger partial charge in [0.25, 0.3) is 0 Å². The number of thioether (sulfide) groups is 1. The van der Waals surface area contributed by atoms with Gasteiger partial charge in [0.15, 0.2) is 0 Å². The summed E-state index contributed by atoms with van der Waals surface area (Å²) >= 11 is 11.0. The molecular formula is C20H20ClN3OS3. The molecule has 0 radical (unpaired) electrons. The third kappa shape index (κ3) is 5.36. The summed E-state index contributed by atoms with van der Waals surface area (Å²) in [6.45, 7) is 3.19. The highest BCUT2D eigenvalue weighted by Gasteiger charge is 2.13. The average Bonchev–Trinajstić information content (AvgIpc) is 3.32. The van der Waals surface area contributed by atoms with Gasteiger partial charge in [-0.1, -0.05) is 23.7 Å². The topological polar surface area (TPSA) is 45.2 Å². The number of carbonyl (C=O) groups is 1. The zero-order valence-corrected chi connectivity index (χ0v) is 18.4. The molecule has 3 aromatic rings. The molecule has 1 aliphatic heterocycles. The van der Waals surface area contributed by atoms with E-state index in [0.29, 0.717) is 0 Å². The fourth-order valence-corrected chi connectivity index (χ4v) is 5.98. The lowest BCUT2D eigenvalue weighted by Crippen LogP contribution is -2.31. The third-order valence-electron chi connectivity index (χ3n) is 4.40. The summed E-state index contributed by atoms with van der Waals surface area (Å²) < 4.78 is 0.743. The molecule has 28 heavy (non-hydrogen) atoms. The smallest absolute Gasteiger partial charge is 0.230 e. The molecule has 4 nitrogen and oxygen atoms in total. The van der Waals surface area contributed by atoms with Gasteiger partial charge in [-0.05, 0) is 29.8 Å². The first-order chi connectivity index (χ1) is 13.7. The fourth-order valence-electron chi connectivity index (χ4n) is 3.07. The Bertz CT molecular complexity index is 950. The molecule has 1 N–H and O–H groups in total. The van der Waals surface area contributed by atoms with Crippen molar-refractivity contribution in [1.82, 2.24) is 9.88 Å². The summed E-state index contributed by atoms with van der Waals surface area (Å²) in [4.78, 5) is 20.5. The lowest BCUT2D eigenvalue weighted by atomic mass is 10.2. The number of benzene rings is 1. The number of anilines is 1. The third-order valence-corrected chi connectivity index (χ3v) is 7.63. The summed E-state index contributed by atoms with van der Waals surface area (Å²) in [5.74, 6) is 2.35. The number of hydrogen-bond donors (Lipinski definition) is 1. The number of thiazole rings is 1. The van der Waals surface area contributed by atoms with E-state index in [4.69, 9.17) is 11.6 Å². The lowest BCUT2D eigenvalue weighted by Gasteiger charge is -2.26. The van der Waals surface area contributed by atoms with Crippen LogP contribution in [0.3, 0.4) is 0 Å². The highest BCUT2D eigenvalue weighted by Crippen LogP contribution is 2.33. The molecule has 0 spiro atoms. The van der Waals surface area contributed by atoms with Gasteiger partial charge in [0.05, 0.1) is 21.3 Å². The molecule has 4 rings (SSSR count). The minimum Gasteiger partial charge on any atom is -0.326 e. The van der Waals surface area contributed by atoms with Crippen molar-refractivity contribution in [1.29, 1.82) is 0 Å². The van der Waals surface area contributed by atoms with Crippen LogP contribution < -0.4 is 5.32 Å². The van der Waals surface area contributed by atoms with Crippen LogP contribution in [0.4, 0.5) is 5.69 Å². The van der Waals surface area contributed by atoms with Gasteiger partial charge in [-0.2, -0.15) is 11.8 Å². The first kappa shape index (κ1) is 19.9. The Kier molecular flexibility index (Phi) is 6.69. The maximum Gasteiger partial charge on any atom is 0.230 e. The molecule has 2 aromatic heterocycles. The Morgan fingerprint density at radius 1 is 1.21 bits per heavy atom. The number of nitrogens with zero attached hydrogens (tertiary/aromatic N) is 2. The molecule has 3 heterocycles. The van der Waals surface area contributed by atoms with E-state index in [1.165, 1.54) is 39.7 Å². The molecule has 0 atom stereocenters. The van der Waals surface area contributed by atoms with Gasteiger partial charge < -0.3 is 5.32 Å². The van der Waals surface area contributed by atoms with Crippen molar-refractivity contribution in [3.63, 3.8) is 0 Å². The van der Waals surface area contributed by atoms with Gasteiger partial charge in [0, 0.05) is 42.2 Å². The number of rotatable bonds is 6. The maximum absolute atomic E-state index is 12.5. The monoisotopic (exact) mass is 449 g/mol. The predicted octanol–water partition coefficient (Wildman–Crippen LogP) is 5.26. The molecule has 1 aliphatic rings. The molecule has 0 bridgehead atoms. The summed E-state index contributed by atoms with van der Waals surface area (Å²) in [5.41, 5.74) is 2.86. The van der Waals surface area contributed by atoms with Crippen molar-refractivity contribution in [2.24, 2.45) is 0 Å². The Labute approximate surface area is 181 Å². The summed E-state index contributed by atoms with van der Waals surface area (Å²) in [7, 11) is 0. The second kappa shape index (κ2) is 9.41. The van der Waals surface area contributed by atoms with E-state index >= 15 is 0 Å². The second-order valence-electron chi connectivity index (χ2n) is 6.56. The molecule has 1 aromatic carbocycles. The minimum atomic E-state index is -0.0485. The summed E-state index contributed by atoms with van der Waals surface area (Å²) in [5, 5.41) is 5.85. The van der Waals surface area contributed by atoms with Crippen LogP contribution in [0.2, 0.25) is 4.34 Å². The molecule has 1 saturated heterocycles. The van der Waals surface area contributed by atoms with Crippen LogP contribution in [0.1, 0.15) is 11.3 Å². The van der Waals surface area contributed by atoms with Crippen LogP contribution >= 0.6 is 46.0 Å². The van der Waals surface area contributed by atoms with Crippen LogP contribution in [-0.4, -0.2) is 40.4 Å². The normalized spacial score (nSPS) is 14.9. The maximum atomic E-state index is 12.5. The zero-order chi connectivity index (χ0) is 19.3. The molecule has 1 amide bonds. The molecule has 8 heteroatoms. The quantitative estimate of drug-likeness (QED) is 0.557. The zero-order valence-electron chi connectivity index (χ0n) is 15.2. The van der Waals surface area contributed by atoms with Gasteiger partial charge >= 0.3 is 0 Å². The number of amides is 1. The van der Waals surface area contributed by atoms with Crippen molar-refractivity contribution < 1.29 is 4.79 Å². The molecule has 0 aliphatic carbocycles. The van der Waals surface area contributed by atoms with Crippen molar-refractivity contribution in [3.8, 4) is 9.88 Å². The molecule has 0 unspecified atom stereocenters. The van der Waals surface area contributed by atoms with Crippen molar-refractivity contribution >= 4 is 57.6 Å². The van der Waals surface area contributed by atoms with E-state index in [2.05, 4.69) is 27.3 Å². The van der Waals surface area contributed by atoms with Crippen LogP contribution in [0, 0.1) is 0 Å². The highest BCUT2D eigenvalue weighted by molar-refractivity contribution is 7.99. The number of carbonyl (C=O) groups excluding carboxylic acids is 1. The highest BCUT2D eigenvalue weighted by atomic mass is 35.5. The number of aromatic nitrogens is 1. The minimum absolute atomic E-state index is 0.0485. The second-order valence-corrected chi connectivity index (χ2v) is 10.4. The van der Waals surface area contributed by atoms with Crippen molar-refractivity contribution in [3.05, 3.63) is 57.4 Å². The van der Waals surface area contributed by atoms with E-state index in [0.717, 1.165) is 45.2 Å². The van der Waals surface area contributed by atoms with Crippen molar-refractivity contribution in [2.45, 2.75) is 13.0 Å². The van der Waals surface area contributed by atoms with Gasteiger partial charge in [0.2, 0.25) is 5.91 Å². The number of thiophene rings is 1. The number of nitrogens with one attached hydrogen (secondary N) is 1. The van der Waals surface area contributed by atoms with E-state index in [9.17, 15) is 4.79 Å². The summed E-state index contributed by atoms with van der Waals surface area (Å²) in [6, 6.07) is 12.0. The Hall–Kier alpha value is -1.38. The lowest BCUT2D eigenvalue weighted by molar-refractivity contribution is -0.115. The summed E-state index contributed by atoms with van der Waals surface area (Å²) in [6.07, 6.45) is 0.267. The van der Waals surface area contributed by atoms with Crippen LogP contribution in [0.25, 0.3) is 9.88 Å². The van der Waals surface area contributed by atoms with Gasteiger partial charge in [-0.25, -0.2) is 4.98 Å². The standard InChI is InChI=1S/C20H20ClN3OS3/c21-18-5-4-17(28-18)20-23-16(13-27-20)11-19(25)22-15-3-1-2-14(10-15)12-24-6-8-26-9-7-24/h1-5,10,13H,6-9,11-12H2,(H,22,25). The van der Waals surface area contributed by atoms with Crippen LogP contribution in [0.5, 0.6) is 0 Å². The number of hydrogen-bond acceptors (Lipinski definition) is 6. The molecule has 1 fully saturated rings. The van der Waals surface area contributed by atoms with Crippen LogP contribution in [0.15, 0.2) is 41.8 Å². The molecular weight excluding hydrogens is 430 g/mol. The Morgan fingerprint density at radius 2 is 2.07 bits per heavy atom. The fraction of sp³-hybridized carbons (Fsp3) is 0.300.